The molecular weight excluding hydrogens is 379 g/mol. The van der Waals surface area contributed by atoms with Gasteiger partial charge >= 0.3 is 0 Å². The van der Waals surface area contributed by atoms with Crippen LogP contribution in [-0.2, 0) is 0 Å². The van der Waals surface area contributed by atoms with Crippen LogP contribution >= 0.6 is 39.1 Å². The lowest BCUT2D eigenvalue weighted by molar-refractivity contribution is 0.409. The van der Waals surface area contributed by atoms with Crippen molar-refractivity contribution in [3.63, 3.8) is 0 Å². The first-order chi connectivity index (χ1) is 9.92. The molecule has 4 nitrogen and oxygen atoms in total. The van der Waals surface area contributed by atoms with Crippen LogP contribution < -0.4 is 15.2 Å². The van der Waals surface area contributed by atoms with Crippen molar-refractivity contribution in [3.8, 4) is 17.2 Å². The average molecular weight is 390 g/mol. The highest BCUT2D eigenvalue weighted by Crippen LogP contribution is 2.38. The summed E-state index contributed by atoms with van der Waals surface area (Å²) in [7, 11) is 1.54. The molecule has 110 valence electrons. The molecule has 0 aliphatic heterocycles. The van der Waals surface area contributed by atoms with E-state index >= 15 is 0 Å². The number of hydrogen-bond acceptors (Lipinski definition) is 3. The number of rotatable bonds is 4. The number of amidine groups is 1. The molecule has 0 radical (unpaired) electrons. The number of benzene rings is 2. The molecule has 0 aliphatic rings. The number of nitrogens with one attached hydrogen (secondary N) is 1. The van der Waals surface area contributed by atoms with Crippen LogP contribution in [0.2, 0.25) is 10.0 Å². The maximum absolute atomic E-state index is 7.59. The maximum atomic E-state index is 7.59. The van der Waals surface area contributed by atoms with Gasteiger partial charge in [-0.1, -0.05) is 23.2 Å². The Labute approximate surface area is 140 Å². The van der Waals surface area contributed by atoms with E-state index in [9.17, 15) is 0 Å². The second kappa shape index (κ2) is 6.56. The van der Waals surface area contributed by atoms with E-state index in [1.807, 2.05) is 0 Å². The van der Waals surface area contributed by atoms with E-state index in [-0.39, 0.29) is 5.84 Å². The number of halogens is 3. The molecule has 2 rings (SSSR count). The number of hydrogen-bond donors (Lipinski definition) is 2. The van der Waals surface area contributed by atoms with E-state index in [0.717, 1.165) is 0 Å². The fourth-order valence-electron chi connectivity index (χ4n) is 1.64. The highest BCUT2D eigenvalue weighted by molar-refractivity contribution is 9.10. The van der Waals surface area contributed by atoms with Gasteiger partial charge in [-0.3, -0.25) is 5.41 Å². The second-order valence-electron chi connectivity index (χ2n) is 4.07. The van der Waals surface area contributed by atoms with Crippen LogP contribution in [0, 0.1) is 5.41 Å². The number of ether oxygens (including phenoxy) is 2. The van der Waals surface area contributed by atoms with Gasteiger partial charge in [0.1, 0.15) is 23.1 Å². The summed E-state index contributed by atoms with van der Waals surface area (Å²) in [5, 5.41) is 8.43. The first-order valence-electron chi connectivity index (χ1n) is 5.77. The summed E-state index contributed by atoms with van der Waals surface area (Å²) in [4.78, 5) is 0. The molecule has 0 saturated heterocycles. The van der Waals surface area contributed by atoms with Gasteiger partial charge in [-0.05, 0) is 34.1 Å². The minimum absolute atomic E-state index is 0.119. The molecule has 7 heteroatoms. The van der Waals surface area contributed by atoms with Crippen molar-refractivity contribution >= 4 is 45.0 Å². The second-order valence-corrected chi connectivity index (χ2v) is 5.74. The smallest absolute Gasteiger partial charge is 0.147 e. The van der Waals surface area contributed by atoms with Crippen molar-refractivity contribution in [2.75, 3.05) is 7.11 Å². The summed E-state index contributed by atoms with van der Waals surface area (Å²) in [6.07, 6.45) is 0. The minimum atomic E-state index is -0.119. The first-order valence-corrected chi connectivity index (χ1v) is 7.32. The van der Waals surface area contributed by atoms with E-state index in [4.69, 9.17) is 43.8 Å². The summed E-state index contributed by atoms with van der Waals surface area (Å²) < 4.78 is 11.6. The Hall–Kier alpha value is -1.43. The molecule has 0 bridgehead atoms. The van der Waals surface area contributed by atoms with Crippen molar-refractivity contribution < 1.29 is 9.47 Å². The molecule has 3 N–H and O–H groups in total. The van der Waals surface area contributed by atoms with Gasteiger partial charge in [0.15, 0.2) is 0 Å². The van der Waals surface area contributed by atoms with Crippen LogP contribution in [0.3, 0.4) is 0 Å². The predicted molar refractivity (Wildman–Crippen MR) is 88.2 cm³/mol. The van der Waals surface area contributed by atoms with Gasteiger partial charge in [-0.15, -0.1) is 0 Å². The van der Waals surface area contributed by atoms with E-state index in [0.29, 0.717) is 37.3 Å². The van der Waals surface area contributed by atoms with Gasteiger partial charge in [0.05, 0.1) is 22.7 Å². The third-order valence-electron chi connectivity index (χ3n) is 2.67. The van der Waals surface area contributed by atoms with Crippen molar-refractivity contribution in [3.05, 3.63) is 50.4 Å². The molecule has 0 aromatic heterocycles. The SMILES string of the molecule is COc1ccc(C(=N)N)c(Oc2cc(Cl)c(Br)cc2Cl)c1. The quantitative estimate of drug-likeness (QED) is 0.446. The predicted octanol–water partition coefficient (Wildman–Crippen LogP) is 4.84. The highest BCUT2D eigenvalue weighted by Gasteiger charge is 2.13. The van der Waals surface area contributed by atoms with Crippen LogP contribution in [0.15, 0.2) is 34.8 Å². The van der Waals surface area contributed by atoms with Gasteiger partial charge in [0.25, 0.3) is 0 Å². The van der Waals surface area contributed by atoms with Crippen molar-refractivity contribution in [2.45, 2.75) is 0 Å². The lowest BCUT2D eigenvalue weighted by atomic mass is 10.1. The fourth-order valence-corrected chi connectivity index (χ4v) is 2.47. The zero-order chi connectivity index (χ0) is 15.6. The summed E-state index contributed by atoms with van der Waals surface area (Å²) in [5.41, 5.74) is 5.98. The fraction of sp³-hybridized carbons (Fsp3) is 0.0714. The third-order valence-corrected chi connectivity index (χ3v) is 4.17. The highest BCUT2D eigenvalue weighted by atomic mass is 79.9. The zero-order valence-electron chi connectivity index (χ0n) is 10.9. The standard InChI is InChI=1S/C14H11BrCl2N2O2/c1-20-7-2-3-8(14(18)19)12(4-7)21-13-6-10(16)9(15)5-11(13)17/h2-6H,1H3,(H3,18,19). The van der Waals surface area contributed by atoms with Crippen LogP contribution in [0.25, 0.3) is 0 Å². The number of methoxy groups -OCH3 is 1. The van der Waals surface area contributed by atoms with Crippen LogP contribution in [0.4, 0.5) is 0 Å². The number of nitrogens with two attached hydrogens (primary N) is 1. The molecule has 0 atom stereocenters. The van der Waals surface area contributed by atoms with Crippen LogP contribution in [0.1, 0.15) is 5.56 Å². The Morgan fingerprint density at radius 2 is 1.86 bits per heavy atom. The van der Waals surface area contributed by atoms with Gasteiger partial charge in [0, 0.05) is 16.6 Å². The van der Waals surface area contributed by atoms with Crippen LogP contribution in [-0.4, -0.2) is 12.9 Å². The van der Waals surface area contributed by atoms with Gasteiger partial charge in [-0.2, -0.15) is 0 Å². The lowest BCUT2D eigenvalue weighted by Gasteiger charge is -2.13. The van der Waals surface area contributed by atoms with Gasteiger partial charge in [0.2, 0.25) is 0 Å². The summed E-state index contributed by atoms with van der Waals surface area (Å²) in [6.45, 7) is 0. The van der Waals surface area contributed by atoms with Crippen LogP contribution in [0.5, 0.6) is 17.2 Å². The summed E-state index contributed by atoms with van der Waals surface area (Å²) in [6, 6.07) is 8.18. The lowest BCUT2D eigenvalue weighted by Crippen LogP contribution is -2.12. The molecular formula is C14H11BrCl2N2O2. The minimum Gasteiger partial charge on any atom is -0.497 e. The van der Waals surface area contributed by atoms with Crippen molar-refractivity contribution in [2.24, 2.45) is 5.73 Å². The maximum Gasteiger partial charge on any atom is 0.147 e. The monoisotopic (exact) mass is 388 g/mol. The molecule has 2 aromatic rings. The summed E-state index contributed by atoms with van der Waals surface area (Å²) in [5.74, 6) is 1.18. The third kappa shape index (κ3) is 3.61. The van der Waals surface area contributed by atoms with E-state index in [1.165, 1.54) is 7.11 Å². The van der Waals surface area contributed by atoms with Gasteiger partial charge < -0.3 is 15.2 Å². The van der Waals surface area contributed by atoms with E-state index in [2.05, 4.69) is 15.9 Å². The molecule has 0 spiro atoms. The van der Waals surface area contributed by atoms with Crippen molar-refractivity contribution in [1.29, 1.82) is 5.41 Å². The molecule has 0 amide bonds. The molecule has 21 heavy (non-hydrogen) atoms. The molecule has 0 unspecified atom stereocenters. The van der Waals surface area contributed by atoms with Crippen molar-refractivity contribution in [1.82, 2.24) is 0 Å². The Balaban J connectivity index is 2.47. The Bertz CT molecular complexity index is 708. The molecule has 0 heterocycles. The Kier molecular flexibility index (Phi) is 4.98. The average Bonchev–Trinajstić information content (AvgIpc) is 2.44. The first kappa shape index (κ1) is 15.9. The zero-order valence-corrected chi connectivity index (χ0v) is 14.0. The van der Waals surface area contributed by atoms with E-state index in [1.54, 1.807) is 30.3 Å². The number of nitrogen functional groups attached to an aromatic ring is 1. The van der Waals surface area contributed by atoms with E-state index < -0.39 is 0 Å². The normalized spacial score (nSPS) is 10.3. The largest absolute Gasteiger partial charge is 0.497 e. The molecule has 2 aromatic carbocycles. The topological polar surface area (TPSA) is 68.3 Å². The Morgan fingerprint density at radius 1 is 1.14 bits per heavy atom. The molecule has 0 aliphatic carbocycles. The Morgan fingerprint density at radius 3 is 2.48 bits per heavy atom. The summed E-state index contributed by atoms with van der Waals surface area (Å²) >= 11 is 15.4. The van der Waals surface area contributed by atoms with Gasteiger partial charge in [-0.25, -0.2) is 0 Å². The molecule has 0 fully saturated rings. The molecule has 0 saturated carbocycles.